The van der Waals surface area contributed by atoms with Crippen LogP contribution < -0.4 is 4.90 Å². The number of hydrogen-bond donors (Lipinski definition) is 0. The molecular weight excluding hydrogens is 326 g/mol. The molecule has 21 heavy (non-hydrogen) atoms. The first-order chi connectivity index (χ1) is 10.1. The highest BCUT2D eigenvalue weighted by Crippen LogP contribution is 2.16. The van der Waals surface area contributed by atoms with E-state index in [1.807, 2.05) is 24.3 Å². The number of rotatable bonds is 6. The Morgan fingerprint density at radius 1 is 1.14 bits per heavy atom. The van der Waals surface area contributed by atoms with E-state index in [9.17, 15) is 4.79 Å². The fourth-order valence-corrected chi connectivity index (χ4v) is 2.52. The number of benzene rings is 2. The molecule has 0 amide bonds. The zero-order chi connectivity index (χ0) is 15.2. The van der Waals surface area contributed by atoms with Crippen LogP contribution in [0, 0.1) is 6.92 Å². The standard InChI is InChI=1S/C18H20BrNO/c1-14-5-3-6-17(13-14)20(2)12-4-7-18(21)15-8-10-16(19)11-9-15/h3,5-6,8-11,13H,4,7,12H2,1-2H3. The van der Waals surface area contributed by atoms with Crippen molar-refractivity contribution in [2.24, 2.45) is 0 Å². The smallest absolute Gasteiger partial charge is 0.162 e. The zero-order valence-electron chi connectivity index (χ0n) is 12.5. The third kappa shape index (κ3) is 4.71. The predicted molar refractivity (Wildman–Crippen MR) is 92.2 cm³/mol. The summed E-state index contributed by atoms with van der Waals surface area (Å²) >= 11 is 3.38. The summed E-state index contributed by atoms with van der Waals surface area (Å²) in [6.07, 6.45) is 1.44. The molecule has 0 fully saturated rings. The summed E-state index contributed by atoms with van der Waals surface area (Å²) in [5.41, 5.74) is 3.24. The third-order valence-corrected chi connectivity index (χ3v) is 4.03. The van der Waals surface area contributed by atoms with Gasteiger partial charge in [0, 0.05) is 35.7 Å². The molecule has 0 aromatic heterocycles. The van der Waals surface area contributed by atoms with Crippen LogP contribution in [0.15, 0.2) is 53.0 Å². The van der Waals surface area contributed by atoms with Gasteiger partial charge in [0.25, 0.3) is 0 Å². The minimum absolute atomic E-state index is 0.208. The van der Waals surface area contributed by atoms with Gasteiger partial charge >= 0.3 is 0 Å². The van der Waals surface area contributed by atoms with Gasteiger partial charge < -0.3 is 4.90 Å². The average Bonchev–Trinajstić information content (AvgIpc) is 2.47. The highest BCUT2D eigenvalue weighted by molar-refractivity contribution is 9.10. The van der Waals surface area contributed by atoms with Gasteiger partial charge in [0.2, 0.25) is 0 Å². The molecule has 0 aliphatic rings. The molecule has 0 atom stereocenters. The van der Waals surface area contributed by atoms with Crippen LogP contribution in [0.1, 0.15) is 28.8 Å². The first-order valence-corrected chi connectivity index (χ1v) is 7.92. The van der Waals surface area contributed by atoms with Crippen LogP contribution in [0.5, 0.6) is 0 Å². The number of carbonyl (C=O) groups is 1. The van der Waals surface area contributed by atoms with Crippen molar-refractivity contribution in [2.75, 3.05) is 18.5 Å². The van der Waals surface area contributed by atoms with E-state index in [0.717, 1.165) is 23.0 Å². The van der Waals surface area contributed by atoms with Gasteiger partial charge in [-0.2, -0.15) is 0 Å². The van der Waals surface area contributed by atoms with Crippen molar-refractivity contribution in [3.63, 3.8) is 0 Å². The second-order valence-electron chi connectivity index (χ2n) is 5.29. The van der Waals surface area contributed by atoms with Gasteiger partial charge in [-0.15, -0.1) is 0 Å². The van der Waals surface area contributed by atoms with E-state index in [-0.39, 0.29) is 5.78 Å². The summed E-state index contributed by atoms with van der Waals surface area (Å²) in [5, 5.41) is 0. The van der Waals surface area contributed by atoms with Crippen LogP contribution >= 0.6 is 15.9 Å². The summed E-state index contributed by atoms with van der Waals surface area (Å²) in [4.78, 5) is 14.3. The maximum atomic E-state index is 12.1. The summed E-state index contributed by atoms with van der Waals surface area (Å²) in [6.45, 7) is 2.97. The third-order valence-electron chi connectivity index (χ3n) is 3.51. The lowest BCUT2D eigenvalue weighted by molar-refractivity contribution is 0.0981. The number of anilines is 1. The van der Waals surface area contributed by atoms with E-state index in [0.29, 0.717) is 6.42 Å². The lowest BCUT2D eigenvalue weighted by Gasteiger charge is -2.19. The van der Waals surface area contributed by atoms with Crippen molar-refractivity contribution in [1.29, 1.82) is 0 Å². The van der Waals surface area contributed by atoms with Gasteiger partial charge in [-0.3, -0.25) is 4.79 Å². The van der Waals surface area contributed by atoms with E-state index >= 15 is 0 Å². The summed E-state index contributed by atoms with van der Waals surface area (Å²) in [5.74, 6) is 0.208. The van der Waals surface area contributed by atoms with Crippen LogP contribution in [-0.4, -0.2) is 19.4 Å². The molecule has 2 aromatic rings. The molecule has 0 N–H and O–H groups in total. The van der Waals surface area contributed by atoms with Crippen LogP contribution in [0.3, 0.4) is 0 Å². The number of halogens is 1. The van der Waals surface area contributed by atoms with Gasteiger partial charge in [-0.05, 0) is 43.2 Å². The first-order valence-electron chi connectivity index (χ1n) is 7.13. The summed E-state index contributed by atoms with van der Waals surface area (Å²) < 4.78 is 0.998. The number of ketones is 1. The maximum absolute atomic E-state index is 12.1. The molecule has 0 spiro atoms. The minimum atomic E-state index is 0.208. The Hall–Kier alpha value is -1.61. The maximum Gasteiger partial charge on any atom is 0.162 e. The van der Waals surface area contributed by atoms with Crippen molar-refractivity contribution in [2.45, 2.75) is 19.8 Å². The molecule has 3 heteroatoms. The monoisotopic (exact) mass is 345 g/mol. The number of hydrogen-bond acceptors (Lipinski definition) is 2. The Bertz CT molecular complexity index is 607. The molecule has 0 aliphatic heterocycles. The van der Waals surface area contributed by atoms with Gasteiger partial charge in [0.1, 0.15) is 0 Å². The summed E-state index contributed by atoms with van der Waals surface area (Å²) in [6, 6.07) is 16.0. The fourth-order valence-electron chi connectivity index (χ4n) is 2.25. The Kier molecular flexibility index (Phi) is 5.57. The second-order valence-corrected chi connectivity index (χ2v) is 6.21. The first kappa shape index (κ1) is 15.8. The Labute approximate surface area is 134 Å². The lowest BCUT2D eigenvalue weighted by Crippen LogP contribution is -2.19. The minimum Gasteiger partial charge on any atom is -0.375 e. The van der Waals surface area contributed by atoms with Crippen LogP contribution in [-0.2, 0) is 0 Å². The van der Waals surface area contributed by atoms with E-state index in [1.54, 1.807) is 0 Å². The van der Waals surface area contributed by atoms with Crippen LogP contribution in [0.2, 0.25) is 0 Å². The Balaban J connectivity index is 1.83. The molecule has 0 saturated heterocycles. The van der Waals surface area contributed by atoms with Gasteiger partial charge in [-0.25, -0.2) is 0 Å². The fraction of sp³-hybridized carbons (Fsp3) is 0.278. The molecule has 2 aromatic carbocycles. The number of carbonyl (C=O) groups excluding carboxylic acids is 1. The van der Waals surface area contributed by atoms with Crippen LogP contribution in [0.4, 0.5) is 5.69 Å². The number of aryl methyl sites for hydroxylation is 1. The quantitative estimate of drug-likeness (QED) is 0.697. The predicted octanol–water partition coefficient (Wildman–Crippen LogP) is 4.86. The van der Waals surface area contributed by atoms with Crippen molar-refractivity contribution < 1.29 is 4.79 Å². The highest BCUT2D eigenvalue weighted by Gasteiger charge is 2.07. The van der Waals surface area contributed by atoms with E-state index in [1.165, 1.54) is 11.3 Å². The molecule has 0 unspecified atom stereocenters. The molecule has 0 bridgehead atoms. The lowest BCUT2D eigenvalue weighted by atomic mass is 10.1. The molecular formula is C18H20BrNO. The second kappa shape index (κ2) is 7.41. The van der Waals surface area contributed by atoms with Gasteiger partial charge in [0.15, 0.2) is 5.78 Å². The van der Waals surface area contributed by atoms with Crippen molar-refractivity contribution >= 4 is 27.4 Å². The molecule has 2 rings (SSSR count). The van der Waals surface area contributed by atoms with E-state index < -0.39 is 0 Å². The zero-order valence-corrected chi connectivity index (χ0v) is 14.1. The van der Waals surface area contributed by atoms with E-state index in [2.05, 4.69) is 59.1 Å². The molecule has 0 aliphatic carbocycles. The van der Waals surface area contributed by atoms with E-state index in [4.69, 9.17) is 0 Å². The molecule has 0 radical (unpaired) electrons. The normalized spacial score (nSPS) is 10.4. The molecule has 110 valence electrons. The number of nitrogens with zero attached hydrogens (tertiary/aromatic N) is 1. The largest absolute Gasteiger partial charge is 0.375 e. The van der Waals surface area contributed by atoms with Gasteiger partial charge in [-0.1, -0.05) is 40.2 Å². The average molecular weight is 346 g/mol. The van der Waals surface area contributed by atoms with Crippen molar-refractivity contribution in [3.8, 4) is 0 Å². The number of Topliss-reactive ketones (excluding diaryl/α,β-unsaturated/α-hetero) is 1. The molecule has 2 nitrogen and oxygen atoms in total. The molecule has 0 saturated carbocycles. The Morgan fingerprint density at radius 2 is 1.86 bits per heavy atom. The summed E-state index contributed by atoms with van der Waals surface area (Å²) in [7, 11) is 2.07. The van der Waals surface area contributed by atoms with Crippen molar-refractivity contribution in [3.05, 3.63) is 64.1 Å². The van der Waals surface area contributed by atoms with Crippen LogP contribution in [0.25, 0.3) is 0 Å². The SMILES string of the molecule is Cc1cccc(N(C)CCCC(=O)c2ccc(Br)cc2)c1. The topological polar surface area (TPSA) is 20.3 Å². The van der Waals surface area contributed by atoms with Crippen molar-refractivity contribution in [1.82, 2.24) is 0 Å². The molecule has 0 heterocycles. The van der Waals surface area contributed by atoms with Gasteiger partial charge in [0.05, 0.1) is 0 Å². The highest BCUT2D eigenvalue weighted by atomic mass is 79.9. The Morgan fingerprint density at radius 3 is 2.52 bits per heavy atom.